The van der Waals surface area contributed by atoms with Crippen molar-refractivity contribution in [3.8, 4) is 33.4 Å². The van der Waals surface area contributed by atoms with Gasteiger partial charge in [-0.3, -0.25) is 14.7 Å². The van der Waals surface area contributed by atoms with Gasteiger partial charge in [-0.05, 0) is 43.3 Å². The fourth-order valence-electron chi connectivity index (χ4n) is 3.62. The molecule has 0 amide bonds. The summed E-state index contributed by atoms with van der Waals surface area (Å²) in [4.78, 5) is 29.8. The Hall–Kier alpha value is -4.63. The first-order valence-corrected chi connectivity index (χ1v) is 11.9. The average Bonchev–Trinajstić information content (AvgIpc) is 3.53. The van der Waals surface area contributed by atoms with Crippen LogP contribution in [0.25, 0.3) is 27.6 Å². The van der Waals surface area contributed by atoms with Crippen LogP contribution in [0.3, 0.4) is 0 Å². The second-order valence-electron chi connectivity index (χ2n) is 7.89. The van der Waals surface area contributed by atoms with E-state index in [1.807, 2.05) is 60.0 Å². The minimum absolute atomic E-state index is 0.0718. The van der Waals surface area contributed by atoms with Crippen LogP contribution in [0.15, 0.2) is 99.3 Å². The van der Waals surface area contributed by atoms with E-state index in [1.165, 1.54) is 22.9 Å². The molecule has 36 heavy (non-hydrogen) atoms. The number of azo groups is 1. The Morgan fingerprint density at radius 3 is 2.47 bits per heavy atom. The lowest BCUT2D eigenvalue weighted by atomic mass is 10.1. The van der Waals surface area contributed by atoms with E-state index >= 15 is 0 Å². The summed E-state index contributed by atoms with van der Waals surface area (Å²) in [7, 11) is 1.62. The monoisotopic (exact) mass is 495 g/mol. The standard InChI is InChI=1S/C27H21N5O3S/c1-17(33)20-9-6-10-21(15-20)29-30-25-24(19-7-4-3-5-8-19)31-32(26(25)34)27-28-23(16-36-27)18-11-13-22(35-2)14-12-18/h3-16,31H,1-2H3. The molecule has 0 radical (unpaired) electrons. The number of nitrogens with one attached hydrogen (secondary N) is 1. The third-order valence-corrected chi connectivity index (χ3v) is 6.34. The fourth-order valence-corrected chi connectivity index (χ4v) is 4.41. The van der Waals surface area contributed by atoms with Crippen LogP contribution >= 0.6 is 11.3 Å². The molecule has 8 nitrogen and oxygen atoms in total. The number of methoxy groups -OCH3 is 1. The van der Waals surface area contributed by atoms with Crippen LogP contribution in [0, 0.1) is 0 Å². The molecule has 0 aliphatic rings. The number of carbonyl (C=O) groups excluding carboxylic acids is 1. The number of Topliss-reactive ketones (excluding diaryl/α,β-unsaturated/α-hetero) is 1. The molecule has 9 heteroatoms. The van der Waals surface area contributed by atoms with Crippen molar-refractivity contribution in [3.63, 3.8) is 0 Å². The fraction of sp³-hybridized carbons (Fsp3) is 0.0741. The molecule has 1 N–H and O–H groups in total. The summed E-state index contributed by atoms with van der Waals surface area (Å²) >= 11 is 1.34. The van der Waals surface area contributed by atoms with E-state index in [0.717, 1.165) is 22.6 Å². The van der Waals surface area contributed by atoms with Crippen molar-refractivity contribution in [2.24, 2.45) is 10.2 Å². The highest BCUT2D eigenvalue weighted by Crippen LogP contribution is 2.30. The highest BCUT2D eigenvalue weighted by molar-refractivity contribution is 7.12. The summed E-state index contributed by atoms with van der Waals surface area (Å²) in [5.41, 5.74) is 3.72. The average molecular weight is 496 g/mol. The zero-order chi connectivity index (χ0) is 25.1. The number of aromatic nitrogens is 3. The first kappa shape index (κ1) is 23.1. The second kappa shape index (κ2) is 9.93. The second-order valence-corrected chi connectivity index (χ2v) is 8.73. The predicted octanol–water partition coefficient (Wildman–Crippen LogP) is 6.58. The maximum Gasteiger partial charge on any atom is 0.301 e. The van der Waals surface area contributed by atoms with Gasteiger partial charge in [-0.25, -0.2) is 4.98 Å². The Bertz CT molecular complexity index is 1620. The normalized spacial score (nSPS) is 11.2. The van der Waals surface area contributed by atoms with Crippen molar-refractivity contribution < 1.29 is 9.53 Å². The smallest absolute Gasteiger partial charge is 0.301 e. The number of hydrogen-bond acceptors (Lipinski definition) is 7. The minimum atomic E-state index is -0.379. The number of carbonyl (C=O) groups is 1. The van der Waals surface area contributed by atoms with E-state index in [2.05, 4.69) is 20.3 Å². The highest BCUT2D eigenvalue weighted by atomic mass is 32.1. The van der Waals surface area contributed by atoms with Crippen molar-refractivity contribution in [1.82, 2.24) is 14.8 Å². The maximum absolute atomic E-state index is 13.5. The van der Waals surface area contributed by atoms with Crippen molar-refractivity contribution >= 4 is 28.5 Å². The molecule has 5 aromatic rings. The molecule has 0 aliphatic carbocycles. The third kappa shape index (κ3) is 4.64. The van der Waals surface area contributed by atoms with E-state index in [0.29, 0.717) is 22.1 Å². The van der Waals surface area contributed by atoms with Crippen LogP contribution in [0.2, 0.25) is 0 Å². The number of ketones is 1. The van der Waals surface area contributed by atoms with Gasteiger partial charge in [-0.2, -0.15) is 9.80 Å². The summed E-state index contributed by atoms with van der Waals surface area (Å²) < 4.78 is 6.60. The van der Waals surface area contributed by atoms with E-state index in [4.69, 9.17) is 4.74 Å². The quantitative estimate of drug-likeness (QED) is 0.203. The summed E-state index contributed by atoms with van der Waals surface area (Å²) in [5.74, 6) is 0.684. The molecule has 0 spiro atoms. The van der Waals surface area contributed by atoms with E-state index in [9.17, 15) is 9.59 Å². The molecule has 0 bridgehead atoms. The van der Waals surface area contributed by atoms with E-state index < -0.39 is 0 Å². The van der Waals surface area contributed by atoms with Gasteiger partial charge >= 0.3 is 5.56 Å². The van der Waals surface area contributed by atoms with Gasteiger partial charge in [0, 0.05) is 22.1 Å². The van der Waals surface area contributed by atoms with Gasteiger partial charge < -0.3 is 4.74 Å². The van der Waals surface area contributed by atoms with Gasteiger partial charge in [-0.1, -0.05) is 42.5 Å². The molecule has 0 fully saturated rings. The number of nitrogens with zero attached hydrogens (tertiary/aromatic N) is 4. The van der Waals surface area contributed by atoms with E-state index in [-0.39, 0.29) is 17.0 Å². The molecule has 0 atom stereocenters. The summed E-state index contributed by atoms with van der Waals surface area (Å²) in [6.07, 6.45) is 0. The Labute approximate surface area is 210 Å². The van der Waals surface area contributed by atoms with Gasteiger partial charge in [-0.15, -0.1) is 16.5 Å². The molecule has 178 valence electrons. The molecular formula is C27H21N5O3S. The Morgan fingerprint density at radius 1 is 0.972 bits per heavy atom. The van der Waals surface area contributed by atoms with Gasteiger partial charge in [0.25, 0.3) is 0 Å². The molecule has 0 aliphatic heterocycles. The van der Waals surface area contributed by atoms with Crippen molar-refractivity contribution in [2.75, 3.05) is 7.11 Å². The SMILES string of the molecule is COc1ccc(-c2csc(-n3[nH]c(-c4ccccc4)c(N=Nc4cccc(C(C)=O)c4)c3=O)n2)cc1. The van der Waals surface area contributed by atoms with Gasteiger partial charge in [0.1, 0.15) is 5.75 Å². The molecule has 3 aromatic carbocycles. The lowest BCUT2D eigenvalue weighted by molar-refractivity contribution is 0.101. The van der Waals surface area contributed by atoms with Crippen molar-refractivity contribution in [1.29, 1.82) is 0 Å². The number of ether oxygens (including phenoxy) is 1. The molecule has 5 rings (SSSR count). The zero-order valence-electron chi connectivity index (χ0n) is 19.5. The summed E-state index contributed by atoms with van der Waals surface area (Å²) in [6, 6.07) is 23.8. The summed E-state index contributed by atoms with van der Waals surface area (Å²) in [5, 5.41) is 14.1. The first-order valence-electron chi connectivity index (χ1n) is 11.1. The van der Waals surface area contributed by atoms with Crippen LogP contribution in [0.4, 0.5) is 11.4 Å². The largest absolute Gasteiger partial charge is 0.497 e. The van der Waals surface area contributed by atoms with Crippen molar-refractivity contribution in [3.05, 3.63) is 100 Å². The van der Waals surface area contributed by atoms with Crippen LogP contribution in [-0.2, 0) is 0 Å². The number of benzene rings is 3. The molecular weight excluding hydrogens is 474 g/mol. The Kier molecular flexibility index (Phi) is 6.38. The van der Waals surface area contributed by atoms with Crippen molar-refractivity contribution in [2.45, 2.75) is 6.92 Å². The Balaban J connectivity index is 1.56. The number of rotatable bonds is 7. The van der Waals surface area contributed by atoms with Gasteiger partial charge in [0.05, 0.1) is 24.2 Å². The van der Waals surface area contributed by atoms with Crippen LogP contribution in [-0.4, -0.2) is 27.7 Å². The molecule has 2 aromatic heterocycles. The molecule has 0 saturated heterocycles. The van der Waals surface area contributed by atoms with E-state index in [1.54, 1.807) is 31.4 Å². The lowest BCUT2D eigenvalue weighted by Gasteiger charge is -2.00. The molecule has 0 unspecified atom stereocenters. The topological polar surface area (TPSA) is 102 Å². The molecule has 2 heterocycles. The lowest BCUT2D eigenvalue weighted by Crippen LogP contribution is -2.13. The predicted molar refractivity (Wildman–Crippen MR) is 140 cm³/mol. The summed E-state index contributed by atoms with van der Waals surface area (Å²) in [6.45, 7) is 1.49. The number of H-pyrrole nitrogens is 1. The van der Waals surface area contributed by atoms with Crippen LogP contribution in [0.5, 0.6) is 5.75 Å². The number of thiazole rings is 1. The first-order chi connectivity index (χ1) is 17.5. The Morgan fingerprint density at radius 2 is 1.75 bits per heavy atom. The zero-order valence-corrected chi connectivity index (χ0v) is 20.3. The third-order valence-electron chi connectivity index (χ3n) is 5.52. The van der Waals surface area contributed by atoms with Gasteiger partial charge in [0.2, 0.25) is 5.13 Å². The number of aromatic amines is 1. The molecule has 0 saturated carbocycles. The van der Waals surface area contributed by atoms with Crippen LogP contribution in [0.1, 0.15) is 17.3 Å². The van der Waals surface area contributed by atoms with Crippen LogP contribution < -0.4 is 10.3 Å². The maximum atomic E-state index is 13.5. The highest BCUT2D eigenvalue weighted by Gasteiger charge is 2.19. The number of hydrogen-bond donors (Lipinski definition) is 1. The minimum Gasteiger partial charge on any atom is -0.497 e. The van der Waals surface area contributed by atoms with Gasteiger partial charge in [0.15, 0.2) is 11.5 Å².